The second-order valence-corrected chi connectivity index (χ2v) is 1.93. The van der Waals surface area contributed by atoms with Crippen LogP contribution in [0.15, 0.2) is 0 Å². The summed E-state index contributed by atoms with van der Waals surface area (Å²) in [5.74, 6) is 0. The van der Waals surface area contributed by atoms with E-state index in [1.165, 1.54) is 19.3 Å². The molecule has 0 bridgehead atoms. The van der Waals surface area contributed by atoms with E-state index in [0.29, 0.717) is 6.54 Å². The van der Waals surface area contributed by atoms with E-state index in [-0.39, 0.29) is 51.4 Å². The van der Waals surface area contributed by atoms with Gasteiger partial charge in [-0.2, -0.15) is 0 Å². The smallest absolute Gasteiger partial charge is 0.538 e. The molecule has 0 heterocycles. The summed E-state index contributed by atoms with van der Waals surface area (Å²) < 4.78 is 0. The Bertz CT molecular complexity index is 38.0. The van der Waals surface area contributed by atoms with Crippen molar-refractivity contribution in [1.82, 2.24) is 0 Å². The first-order valence-corrected chi connectivity index (χ1v) is 3.22. The molecule has 0 saturated heterocycles. The molecule has 0 fully saturated rings. The fraction of sp³-hybridized carbons (Fsp3) is 1.00. The van der Waals surface area contributed by atoms with E-state index >= 15 is 0 Å². The molecule has 0 aliphatic heterocycles. The number of rotatable bonds is 5. The monoisotopic (exact) mass is 155 g/mol. The Balaban J connectivity index is 0. The van der Waals surface area contributed by atoms with E-state index in [1.807, 2.05) is 0 Å². The van der Waals surface area contributed by atoms with Crippen molar-refractivity contribution in [1.29, 1.82) is 0 Å². The number of nitrogens with zero attached hydrogens (tertiary/aromatic N) is 1. The van der Waals surface area contributed by atoms with Crippen LogP contribution in [0.5, 0.6) is 0 Å². The van der Waals surface area contributed by atoms with E-state index in [9.17, 15) is 0 Å². The SMILES string of the molecule is CCCCCC[N-]O.[K+]. The van der Waals surface area contributed by atoms with Crippen LogP contribution in [0.3, 0.4) is 0 Å². The van der Waals surface area contributed by atoms with Gasteiger partial charge in [0, 0.05) is 0 Å². The van der Waals surface area contributed by atoms with Gasteiger partial charge < -0.3 is 10.7 Å². The average molecular weight is 155 g/mol. The summed E-state index contributed by atoms with van der Waals surface area (Å²) in [4.78, 5) is 0. The summed E-state index contributed by atoms with van der Waals surface area (Å²) >= 11 is 0. The van der Waals surface area contributed by atoms with Crippen LogP contribution in [0.4, 0.5) is 0 Å². The minimum Gasteiger partial charge on any atom is -0.538 e. The molecule has 0 spiro atoms. The van der Waals surface area contributed by atoms with Crippen molar-refractivity contribution in [3.05, 3.63) is 5.48 Å². The minimum atomic E-state index is 0. The van der Waals surface area contributed by atoms with Crippen LogP contribution < -0.4 is 51.4 Å². The molecule has 0 aromatic rings. The van der Waals surface area contributed by atoms with Crippen LogP contribution in [0.1, 0.15) is 32.6 Å². The van der Waals surface area contributed by atoms with Crippen molar-refractivity contribution in [2.75, 3.05) is 6.54 Å². The maximum absolute atomic E-state index is 7.99. The zero-order valence-electron chi connectivity index (χ0n) is 6.43. The first-order chi connectivity index (χ1) is 3.91. The predicted molar refractivity (Wildman–Crippen MR) is 34.2 cm³/mol. The van der Waals surface area contributed by atoms with Crippen LogP contribution in [0.2, 0.25) is 0 Å². The van der Waals surface area contributed by atoms with Gasteiger partial charge >= 0.3 is 51.4 Å². The van der Waals surface area contributed by atoms with Crippen LogP contribution in [-0.4, -0.2) is 11.8 Å². The molecule has 0 aromatic carbocycles. The molecule has 0 amide bonds. The van der Waals surface area contributed by atoms with Crippen molar-refractivity contribution in [3.63, 3.8) is 0 Å². The van der Waals surface area contributed by atoms with Gasteiger partial charge in [-0.15, -0.1) is 6.54 Å². The van der Waals surface area contributed by atoms with Crippen molar-refractivity contribution >= 4 is 0 Å². The normalized spacial score (nSPS) is 8.67. The summed E-state index contributed by atoms with van der Waals surface area (Å²) in [7, 11) is 0. The third kappa shape index (κ3) is 12.7. The second-order valence-electron chi connectivity index (χ2n) is 1.93. The largest absolute Gasteiger partial charge is 1.00 e. The topological polar surface area (TPSA) is 34.3 Å². The van der Waals surface area contributed by atoms with Crippen molar-refractivity contribution in [3.8, 4) is 0 Å². The van der Waals surface area contributed by atoms with Crippen LogP contribution in [0.25, 0.3) is 5.48 Å². The van der Waals surface area contributed by atoms with Crippen LogP contribution in [-0.2, 0) is 0 Å². The molecule has 9 heavy (non-hydrogen) atoms. The molecule has 3 heteroatoms. The van der Waals surface area contributed by atoms with Crippen molar-refractivity contribution < 1.29 is 56.6 Å². The van der Waals surface area contributed by atoms with Crippen LogP contribution >= 0.6 is 0 Å². The Morgan fingerprint density at radius 2 is 1.89 bits per heavy atom. The zero-order valence-corrected chi connectivity index (χ0v) is 9.55. The molecule has 0 aliphatic carbocycles. The molecular formula is C6H14KNO. The van der Waals surface area contributed by atoms with Gasteiger partial charge in [-0.3, -0.25) is 0 Å². The van der Waals surface area contributed by atoms with Gasteiger partial charge in [0.15, 0.2) is 0 Å². The van der Waals surface area contributed by atoms with Crippen molar-refractivity contribution in [2.24, 2.45) is 0 Å². The van der Waals surface area contributed by atoms with Gasteiger partial charge in [0.2, 0.25) is 0 Å². The molecule has 0 radical (unpaired) electrons. The van der Waals surface area contributed by atoms with E-state index in [0.717, 1.165) is 6.42 Å². The number of hydroxylamine groups is 1. The Kier molecular flexibility index (Phi) is 17.9. The Morgan fingerprint density at radius 1 is 1.22 bits per heavy atom. The molecule has 0 rings (SSSR count). The van der Waals surface area contributed by atoms with Crippen molar-refractivity contribution in [2.45, 2.75) is 32.6 Å². The second kappa shape index (κ2) is 12.3. The number of hydrogen-bond acceptors (Lipinski definition) is 1. The Morgan fingerprint density at radius 3 is 2.33 bits per heavy atom. The van der Waals surface area contributed by atoms with E-state index in [2.05, 4.69) is 12.4 Å². The molecular weight excluding hydrogens is 141 g/mol. The molecule has 1 N–H and O–H groups in total. The molecule has 2 nitrogen and oxygen atoms in total. The van der Waals surface area contributed by atoms with Crippen LogP contribution in [0, 0.1) is 0 Å². The Hall–Kier alpha value is 1.56. The summed E-state index contributed by atoms with van der Waals surface area (Å²) in [6.07, 6.45) is 4.73. The van der Waals surface area contributed by atoms with Gasteiger partial charge in [0.25, 0.3) is 0 Å². The number of unbranched alkanes of at least 4 members (excludes halogenated alkanes) is 3. The molecule has 0 unspecified atom stereocenters. The van der Waals surface area contributed by atoms with Gasteiger partial charge in [-0.25, -0.2) is 0 Å². The summed E-state index contributed by atoms with van der Waals surface area (Å²) in [5, 5.41) is 7.99. The quantitative estimate of drug-likeness (QED) is 0.319. The summed E-state index contributed by atoms with van der Waals surface area (Å²) in [5.41, 5.74) is 3.01. The van der Waals surface area contributed by atoms with Gasteiger partial charge in [-0.05, 0) is 0 Å². The minimum absolute atomic E-state index is 0. The first-order valence-electron chi connectivity index (χ1n) is 3.22. The third-order valence-electron chi connectivity index (χ3n) is 1.11. The molecule has 0 aromatic heterocycles. The van der Waals surface area contributed by atoms with E-state index < -0.39 is 0 Å². The maximum atomic E-state index is 7.99. The third-order valence-corrected chi connectivity index (χ3v) is 1.11. The molecule has 0 aliphatic rings. The van der Waals surface area contributed by atoms with Gasteiger partial charge in [-0.1, -0.05) is 32.6 Å². The van der Waals surface area contributed by atoms with E-state index in [4.69, 9.17) is 5.21 Å². The molecule has 50 valence electrons. The zero-order chi connectivity index (χ0) is 6.24. The Labute approximate surface area is 99.8 Å². The number of hydrogen-bond donors (Lipinski definition) is 1. The maximum Gasteiger partial charge on any atom is 1.00 e. The molecule has 0 saturated carbocycles. The predicted octanol–water partition coefficient (Wildman–Crippen LogP) is -0.666. The first kappa shape index (κ1) is 13.2. The standard InChI is InChI=1S/C6H14NO.K/c1-2-3-4-5-6-7-8;/h8H,2-6H2,1H3;/q-1;+1. The molecule has 0 atom stereocenters. The summed E-state index contributed by atoms with van der Waals surface area (Å²) in [6.45, 7) is 2.77. The fourth-order valence-electron chi connectivity index (χ4n) is 0.609. The van der Waals surface area contributed by atoms with Gasteiger partial charge in [0.05, 0.1) is 0 Å². The average Bonchev–Trinajstić information content (AvgIpc) is 1.81. The fourth-order valence-corrected chi connectivity index (χ4v) is 0.609. The summed E-state index contributed by atoms with van der Waals surface area (Å²) in [6, 6.07) is 0. The van der Waals surface area contributed by atoms with E-state index in [1.54, 1.807) is 0 Å². The van der Waals surface area contributed by atoms with Gasteiger partial charge in [0.1, 0.15) is 0 Å².